The summed E-state index contributed by atoms with van der Waals surface area (Å²) in [5.41, 5.74) is -0.270. The Morgan fingerprint density at radius 1 is 1.35 bits per heavy atom. The molecule has 23 heavy (non-hydrogen) atoms. The van der Waals surface area contributed by atoms with Gasteiger partial charge in [0.25, 0.3) is 5.56 Å². The molecule has 0 aliphatic heterocycles. The highest BCUT2D eigenvalue weighted by atomic mass is 16.5. The lowest BCUT2D eigenvalue weighted by Gasteiger charge is -2.12. The number of nitrogens with zero attached hydrogens (tertiary/aromatic N) is 4. The summed E-state index contributed by atoms with van der Waals surface area (Å²) in [6.45, 7) is 6.20. The lowest BCUT2D eigenvalue weighted by atomic mass is 10.2. The standard InChI is InChI=1S/C15H22N4O4/c1-5-6-11(20)23-9-18-8-16-13-12(18)14(21)17(4)15(22)19(13)7-10(2)3/h8,10H,5-7,9H2,1-4H3. The fourth-order valence-corrected chi connectivity index (χ4v) is 2.35. The largest absolute Gasteiger partial charge is 0.444 e. The molecule has 2 rings (SSSR count). The zero-order chi connectivity index (χ0) is 17.1. The van der Waals surface area contributed by atoms with Crippen molar-refractivity contribution >= 4 is 17.1 Å². The van der Waals surface area contributed by atoms with Crippen LogP contribution < -0.4 is 11.2 Å². The van der Waals surface area contributed by atoms with Crippen LogP contribution in [0.5, 0.6) is 0 Å². The van der Waals surface area contributed by atoms with Crippen LogP contribution in [0, 0.1) is 5.92 Å². The fraction of sp³-hybridized carbons (Fsp3) is 0.600. The summed E-state index contributed by atoms with van der Waals surface area (Å²) in [6, 6.07) is 0. The second-order valence-corrected chi connectivity index (χ2v) is 5.93. The summed E-state index contributed by atoms with van der Waals surface area (Å²) in [7, 11) is 1.43. The van der Waals surface area contributed by atoms with Crippen molar-refractivity contribution in [3.05, 3.63) is 27.2 Å². The van der Waals surface area contributed by atoms with Crippen molar-refractivity contribution in [1.82, 2.24) is 18.7 Å². The van der Waals surface area contributed by atoms with Crippen LogP contribution in [0.1, 0.15) is 33.6 Å². The molecular formula is C15H22N4O4. The van der Waals surface area contributed by atoms with Gasteiger partial charge in [-0.05, 0) is 12.3 Å². The van der Waals surface area contributed by atoms with Crippen LogP contribution in [-0.4, -0.2) is 24.7 Å². The van der Waals surface area contributed by atoms with Gasteiger partial charge in [0.05, 0.1) is 0 Å². The van der Waals surface area contributed by atoms with Crippen LogP contribution in [-0.2, 0) is 29.9 Å². The number of esters is 1. The SMILES string of the molecule is CCCC(=O)OCn1cnc2c1c(=O)n(C)c(=O)n2CC(C)C. The molecule has 8 heteroatoms. The Morgan fingerprint density at radius 2 is 2.04 bits per heavy atom. The number of rotatable bonds is 6. The van der Waals surface area contributed by atoms with Gasteiger partial charge in [-0.2, -0.15) is 0 Å². The molecule has 2 aromatic rings. The average Bonchev–Trinajstić information content (AvgIpc) is 2.91. The van der Waals surface area contributed by atoms with Crippen molar-refractivity contribution in [1.29, 1.82) is 0 Å². The fourth-order valence-electron chi connectivity index (χ4n) is 2.35. The molecule has 0 N–H and O–H groups in total. The van der Waals surface area contributed by atoms with E-state index in [4.69, 9.17) is 4.74 Å². The van der Waals surface area contributed by atoms with Gasteiger partial charge in [0, 0.05) is 20.0 Å². The molecule has 0 bridgehead atoms. The van der Waals surface area contributed by atoms with Crippen LogP contribution in [0.3, 0.4) is 0 Å². The highest BCUT2D eigenvalue weighted by Gasteiger charge is 2.17. The van der Waals surface area contributed by atoms with Crippen molar-refractivity contribution in [2.75, 3.05) is 0 Å². The predicted octanol–water partition coefficient (Wildman–Crippen LogP) is 0.853. The summed E-state index contributed by atoms with van der Waals surface area (Å²) >= 11 is 0. The third-order valence-corrected chi connectivity index (χ3v) is 3.47. The molecule has 0 atom stereocenters. The van der Waals surface area contributed by atoms with E-state index in [9.17, 15) is 14.4 Å². The lowest BCUT2D eigenvalue weighted by molar-refractivity contribution is -0.147. The number of carbonyl (C=O) groups is 1. The summed E-state index contributed by atoms with van der Waals surface area (Å²) in [4.78, 5) is 40.4. The van der Waals surface area contributed by atoms with Crippen molar-refractivity contribution in [2.45, 2.75) is 46.9 Å². The first-order chi connectivity index (χ1) is 10.9. The van der Waals surface area contributed by atoms with Gasteiger partial charge in [-0.15, -0.1) is 0 Å². The third-order valence-electron chi connectivity index (χ3n) is 3.47. The maximum Gasteiger partial charge on any atom is 0.332 e. The Hall–Kier alpha value is -2.38. The van der Waals surface area contributed by atoms with Crippen LogP contribution in [0.25, 0.3) is 11.2 Å². The van der Waals surface area contributed by atoms with E-state index in [0.717, 1.165) is 4.57 Å². The normalized spacial score (nSPS) is 11.3. The Morgan fingerprint density at radius 3 is 2.65 bits per heavy atom. The van der Waals surface area contributed by atoms with Crippen molar-refractivity contribution in [2.24, 2.45) is 13.0 Å². The number of aromatic nitrogens is 4. The van der Waals surface area contributed by atoms with E-state index < -0.39 is 11.2 Å². The first kappa shape index (κ1) is 17.0. The first-order valence-corrected chi connectivity index (χ1v) is 7.67. The molecule has 0 saturated heterocycles. The Bertz CT molecular complexity index is 828. The minimum absolute atomic E-state index is 0.0928. The molecule has 0 aliphatic rings. The molecule has 0 amide bonds. The van der Waals surface area contributed by atoms with Crippen molar-refractivity contribution in [3.8, 4) is 0 Å². The number of hydrogen-bond acceptors (Lipinski definition) is 5. The van der Waals surface area contributed by atoms with E-state index in [-0.39, 0.29) is 24.1 Å². The number of fused-ring (bicyclic) bond motifs is 1. The highest BCUT2D eigenvalue weighted by Crippen LogP contribution is 2.09. The summed E-state index contributed by atoms with van der Waals surface area (Å²) in [6.07, 6.45) is 2.43. The molecule has 0 unspecified atom stereocenters. The van der Waals surface area contributed by atoms with Gasteiger partial charge in [0.1, 0.15) is 6.33 Å². The summed E-state index contributed by atoms with van der Waals surface area (Å²) in [5.74, 6) is -0.109. The third kappa shape index (κ3) is 3.35. The maximum atomic E-state index is 12.4. The van der Waals surface area contributed by atoms with E-state index in [1.807, 2.05) is 20.8 Å². The predicted molar refractivity (Wildman–Crippen MR) is 85.1 cm³/mol. The zero-order valence-electron chi connectivity index (χ0n) is 13.9. The molecule has 0 aliphatic carbocycles. The van der Waals surface area contributed by atoms with Gasteiger partial charge in [-0.3, -0.25) is 23.3 Å². The number of ether oxygens (including phenoxy) is 1. The van der Waals surface area contributed by atoms with Gasteiger partial charge >= 0.3 is 11.7 Å². The second kappa shape index (κ2) is 6.80. The molecule has 0 radical (unpaired) electrons. The zero-order valence-corrected chi connectivity index (χ0v) is 13.9. The molecule has 126 valence electrons. The molecule has 0 saturated carbocycles. The van der Waals surface area contributed by atoms with E-state index in [1.54, 1.807) is 0 Å². The highest BCUT2D eigenvalue weighted by molar-refractivity contribution is 5.71. The van der Waals surface area contributed by atoms with E-state index in [1.165, 1.54) is 22.5 Å². The number of hydrogen-bond donors (Lipinski definition) is 0. The second-order valence-electron chi connectivity index (χ2n) is 5.93. The van der Waals surface area contributed by atoms with Gasteiger partial charge in [0.15, 0.2) is 17.9 Å². The smallest absolute Gasteiger partial charge is 0.332 e. The lowest BCUT2D eigenvalue weighted by Crippen LogP contribution is -2.39. The minimum Gasteiger partial charge on any atom is -0.444 e. The maximum absolute atomic E-state index is 12.4. The molecule has 2 aromatic heterocycles. The van der Waals surface area contributed by atoms with Gasteiger partial charge in [0.2, 0.25) is 0 Å². The van der Waals surface area contributed by atoms with E-state index in [2.05, 4.69) is 4.98 Å². The topological polar surface area (TPSA) is 88.1 Å². The van der Waals surface area contributed by atoms with Gasteiger partial charge < -0.3 is 4.74 Å². The molecule has 0 fully saturated rings. The Kier molecular flexibility index (Phi) is 5.02. The quantitative estimate of drug-likeness (QED) is 0.736. The average molecular weight is 322 g/mol. The van der Waals surface area contributed by atoms with E-state index >= 15 is 0 Å². The Labute approximate surface area is 133 Å². The van der Waals surface area contributed by atoms with Crippen LogP contribution in [0.4, 0.5) is 0 Å². The molecule has 2 heterocycles. The van der Waals surface area contributed by atoms with Crippen LogP contribution in [0.15, 0.2) is 15.9 Å². The van der Waals surface area contributed by atoms with Gasteiger partial charge in [-0.1, -0.05) is 20.8 Å². The van der Waals surface area contributed by atoms with Crippen LogP contribution in [0.2, 0.25) is 0 Å². The molecular weight excluding hydrogens is 300 g/mol. The van der Waals surface area contributed by atoms with Crippen molar-refractivity contribution < 1.29 is 9.53 Å². The van der Waals surface area contributed by atoms with Crippen molar-refractivity contribution in [3.63, 3.8) is 0 Å². The Balaban J connectivity index is 2.50. The van der Waals surface area contributed by atoms with Gasteiger partial charge in [-0.25, -0.2) is 9.78 Å². The number of imidazole rings is 1. The minimum atomic E-state index is -0.450. The summed E-state index contributed by atoms with van der Waals surface area (Å²) in [5, 5.41) is 0. The summed E-state index contributed by atoms with van der Waals surface area (Å²) < 4.78 is 9.12. The van der Waals surface area contributed by atoms with E-state index in [0.29, 0.717) is 25.0 Å². The molecule has 0 spiro atoms. The number of carbonyl (C=O) groups excluding carboxylic acids is 1. The molecule has 0 aromatic carbocycles. The van der Waals surface area contributed by atoms with Crippen LogP contribution >= 0.6 is 0 Å². The first-order valence-electron chi connectivity index (χ1n) is 7.67. The monoisotopic (exact) mass is 322 g/mol. The molecule has 8 nitrogen and oxygen atoms in total.